The van der Waals surface area contributed by atoms with Crippen LogP contribution in [0.2, 0.25) is 0 Å². The number of carboxylic acids is 1. The van der Waals surface area contributed by atoms with E-state index in [-0.39, 0.29) is 18.2 Å². The summed E-state index contributed by atoms with van der Waals surface area (Å²) in [5, 5.41) is 10.5. The summed E-state index contributed by atoms with van der Waals surface area (Å²) < 4.78 is 0. The molecule has 0 spiro atoms. The lowest BCUT2D eigenvalue weighted by Gasteiger charge is -2.25. The summed E-state index contributed by atoms with van der Waals surface area (Å²) in [5.74, 6) is -0.640. The van der Waals surface area contributed by atoms with Gasteiger partial charge in [-0.25, -0.2) is 19.9 Å². The Morgan fingerprint density at radius 1 is 1.12 bits per heavy atom. The number of aliphatic carboxylic acids is 1. The summed E-state index contributed by atoms with van der Waals surface area (Å²) in [7, 11) is 0. The average Bonchev–Trinajstić information content (AvgIpc) is 3.41. The lowest BCUT2D eigenvalue weighted by atomic mass is 9.99. The predicted molar refractivity (Wildman–Crippen MR) is 121 cm³/mol. The molecule has 168 valence electrons. The van der Waals surface area contributed by atoms with Crippen LogP contribution in [-0.2, 0) is 16.0 Å². The fourth-order valence-corrected chi connectivity index (χ4v) is 4.54. The van der Waals surface area contributed by atoms with E-state index in [2.05, 4.69) is 24.9 Å². The van der Waals surface area contributed by atoms with Crippen molar-refractivity contribution in [3.8, 4) is 0 Å². The minimum atomic E-state index is -0.972. The molecule has 2 atom stereocenters. The molecule has 0 aromatic carbocycles. The maximum Gasteiger partial charge on any atom is 0.305 e. The molecule has 2 N–H and O–H groups in total. The molecule has 0 bridgehead atoms. The molecule has 1 aliphatic heterocycles. The first-order valence-corrected chi connectivity index (χ1v) is 11.1. The van der Waals surface area contributed by atoms with Gasteiger partial charge >= 0.3 is 5.97 Å². The molecule has 1 fully saturated rings. The highest BCUT2D eigenvalue weighted by Crippen LogP contribution is 2.33. The highest BCUT2D eigenvalue weighted by molar-refractivity contribution is 5.82. The third-order valence-electron chi connectivity index (χ3n) is 6.19. The van der Waals surface area contributed by atoms with E-state index in [1.54, 1.807) is 23.4 Å². The van der Waals surface area contributed by atoms with E-state index in [0.717, 1.165) is 41.5 Å². The number of H-pyrrole nitrogens is 1. The van der Waals surface area contributed by atoms with E-state index in [4.69, 9.17) is 0 Å². The number of nitrogens with zero attached hydrogens (tertiary/aromatic N) is 5. The zero-order chi connectivity index (χ0) is 22.8. The van der Waals surface area contributed by atoms with Crippen molar-refractivity contribution in [2.75, 3.05) is 6.54 Å². The highest BCUT2D eigenvalue weighted by atomic mass is 16.4. The van der Waals surface area contributed by atoms with E-state index in [1.165, 1.54) is 0 Å². The Labute approximate surface area is 189 Å². The lowest BCUT2D eigenvalue weighted by Crippen LogP contribution is -2.34. The van der Waals surface area contributed by atoms with Crippen LogP contribution in [0.5, 0.6) is 0 Å². The number of hydrogen-bond acceptors (Lipinski definition) is 6. The van der Waals surface area contributed by atoms with Gasteiger partial charge in [0.05, 0.1) is 11.9 Å². The zero-order valence-electron chi connectivity index (χ0n) is 18.0. The average molecular weight is 444 g/mol. The number of carbonyl (C=O) groups is 2. The number of likely N-dealkylation sites (tertiary alicyclic amines) is 1. The summed E-state index contributed by atoms with van der Waals surface area (Å²) in [6, 6.07) is 10.9. The first-order valence-electron chi connectivity index (χ1n) is 11.1. The monoisotopic (exact) mass is 444 g/mol. The Hall–Kier alpha value is -3.88. The maximum absolute atomic E-state index is 13.2. The second kappa shape index (κ2) is 8.93. The van der Waals surface area contributed by atoms with Crippen LogP contribution in [0, 0.1) is 5.92 Å². The summed E-state index contributed by atoms with van der Waals surface area (Å²) in [6.07, 6.45) is 6.20. The van der Waals surface area contributed by atoms with Gasteiger partial charge in [0, 0.05) is 35.9 Å². The van der Waals surface area contributed by atoms with E-state index in [1.807, 2.05) is 30.3 Å². The van der Waals surface area contributed by atoms with Crippen molar-refractivity contribution in [1.82, 2.24) is 29.8 Å². The molecular weight excluding hydrogens is 420 g/mol. The zero-order valence-corrected chi connectivity index (χ0v) is 18.0. The molecule has 33 heavy (non-hydrogen) atoms. The van der Waals surface area contributed by atoms with Crippen LogP contribution in [0.1, 0.15) is 43.2 Å². The van der Waals surface area contributed by atoms with Crippen LogP contribution in [0.25, 0.3) is 22.2 Å². The summed E-state index contributed by atoms with van der Waals surface area (Å²) in [6.45, 7) is 0.518. The van der Waals surface area contributed by atoms with Crippen molar-refractivity contribution in [2.45, 2.75) is 38.1 Å². The number of amides is 1. The number of aryl methyl sites for hydroxylation is 1. The van der Waals surface area contributed by atoms with Gasteiger partial charge in [-0.15, -0.1) is 0 Å². The van der Waals surface area contributed by atoms with Crippen LogP contribution in [-0.4, -0.2) is 53.3 Å². The fraction of sp³-hybridized carbons (Fsp3) is 0.333. The van der Waals surface area contributed by atoms with Crippen molar-refractivity contribution in [3.63, 3.8) is 0 Å². The number of carboxylic acid groups (broad SMARTS) is 1. The van der Waals surface area contributed by atoms with Crippen LogP contribution in [0.15, 0.2) is 48.8 Å². The second-order valence-electron chi connectivity index (χ2n) is 8.37. The lowest BCUT2D eigenvalue weighted by molar-refractivity contribution is -0.140. The molecule has 9 heteroatoms. The van der Waals surface area contributed by atoms with Gasteiger partial charge < -0.3 is 15.0 Å². The molecule has 0 aliphatic carbocycles. The minimum absolute atomic E-state index is 0.0113. The number of pyridine rings is 3. The van der Waals surface area contributed by atoms with Crippen LogP contribution in [0.4, 0.5) is 0 Å². The number of nitrogens with one attached hydrogen (secondary N) is 1. The molecule has 0 saturated carbocycles. The molecule has 5 rings (SSSR count). The smallest absolute Gasteiger partial charge is 0.305 e. The molecule has 9 nitrogen and oxygen atoms in total. The van der Waals surface area contributed by atoms with Crippen LogP contribution >= 0.6 is 0 Å². The van der Waals surface area contributed by atoms with Crippen LogP contribution in [0.3, 0.4) is 0 Å². The normalized spacial score (nSPS) is 17.2. The number of carbonyl (C=O) groups excluding carboxylic acids is 1. The predicted octanol–water partition coefficient (Wildman–Crippen LogP) is 3.29. The van der Waals surface area contributed by atoms with Gasteiger partial charge in [-0.2, -0.15) is 0 Å². The standard InChI is InChI=1S/C24H24N6O3/c31-20(32)14-19(23-28-18-7-3-12-26-22(18)29-23)30-13-10-16(24(30)33)4-1-6-17-9-8-15-5-2-11-25-21(15)27-17/h2-3,5,7-9,11-12,16,19H,1,4,6,10,13-14H2,(H,31,32)(H,26,28,29). The van der Waals surface area contributed by atoms with Crippen molar-refractivity contribution >= 4 is 34.1 Å². The first-order chi connectivity index (χ1) is 16.1. The van der Waals surface area contributed by atoms with Gasteiger partial charge in [0.15, 0.2) is 11.3 Å². The van der Waals surface area contributed by atoms with Gasteiger partial charge in [0.2, 0.25) is 5.91 Å². The van der Waals surface area contributed by atoms with E-state index in [0.29, 0.717) is 24.4 Å². The Morgan fingerprint density at radius 2 is 1.94 bits per heavy atom. The third kappa shape index (κ3) is 4.39. The van der Waals surface area contributed by atoms with Gasteiger partial charge in [-0.1, -0.05) is 0 Å². The van der Waals surface area contributed by atoms with Gasteiger partial charge in [-0.3, -0.25) is 9.59 Å². The second-order valence-corrected chi connectivity index (χ2v) is 8.37. The van der Waals surface area contributed by atoms with Crippen LogP contribution < -0.4 is 0 Å². The SMILES string of the molecule is O=C(O)CC(c1nc2ncccc2[nH]1)N1CCC(CCCc2ccc3cccnc3n2)C1=O. The fourth-order valence-electron chi connectivity index (χ4n) is 4.54. The van der Waals surface area contributed by atoms with E-state index >= 15 is 0 Å². The summed E-state index contributed by atoms with van der Waals surface area (Å²) in [5.41, 5.74) is 2.93. The van der Waals surface area contributed by atoms with Crippen molar-refractivity contribution in [2.24, 2.45) is 5.92 Å². The van der Waals surface area contributed by atoms with Crippen molar-refractivity contribution < 1.29 is 14.7 Å². The maximum atomic E-state index is 13.2. The molecule has 1 amide bonds. The van der Waals surface area contributed by atoms with Gasteiger partial charge in [0.1, 0.15) is 11.9 Å². The third-order valence-corrected chi connectivity index (χ3v) is 6.19. The summed E-state index contributed by atoms with van der Waals surface area (Å²) in [4.78, 5) is 47.1. The Bertz CT molecular complexity index is 1290. The Balaban J connectivity index is 1.25. The highest BCUT2D eigenvalue weighted by Gasteiger charge is 2.38. The van der Waals surface area contributed by atoms with Crippen molar-refractivity contribution in [1.29, 1.82) is 0 Å². The number of imidazole rings is 1. The molecule has 5 heterocycles. The summed E-state index contributed by atoms with van der Waals surface area (Å²) >= 11 is 0. The van der Waals surface area contributed by atoms with Gasteiger partial charge in [-0.05, 0) is 62.1 Å². The quantitative estimate of drug-likeness (QED) is 0.427. The molecule has 4 aromatic heterocycles. The molecule has 2 unspecified atom stereocenters. The first kappa shape index (κ1) is 21.0. The molecule has 0 radical (unpaired) electrons. The molecule has 1 saturated heterocycles. The van der Waals surface area contributed by atoms with Crippen molar-refractivity contribution in [3.05, 3.63) is 60.3 Å². The molecule has 4 aromatic rings. The number of fused-ring (bicyclic) bond motifs is 2. The number of hydrogen-bond donors (Lipinski definition) is 2. The largest absolute Gasteiger partial charge is 0.481 e. The number of rotatable bonds is 8. The topological polar surface area (TPSA) is 125 Å². The number of aromatic nitrogens is 5. The number of aromatic amines is 1. The molecule has 1 aliphatic rings. The van der Waals surface area contributed by atoms with E-state index < -0.39 is 12.0 Å². The van der Waals surface area contributed by atoms with E-state index in [9.17, 15) is 14.7 Å². The Kier molecular flexibility index (Phi) is 5.68. The molecular formula is C24H24N6O3. The van der Waals surface area contributed by atoms with Gasteiger partial charge in [0.25, 0.3) is 0 Å². The minimum Gasteiger partial charge on any atom is -0.481 e. The Morgan fingerprint density at radius 3 is 2.76 bits per heavy atom.